The van der Waals surface area contributed by atoms with Gasteiger partial charge < -0.3 is 15.1 Å². The van der Waals surface area contributed by atoms with Gasteiger partial charge in [-0.2, -0.15) is 0 Å². The minimum absolute atomic E-state index is 0.744. The highest BCUT2D eigenvalue weighted by molar-refractivity contribution is 5.05. The van der Waals surface area contributed by atoms with Crippen LogP contribution in [-0.2, 0) is 11.3 Å². The molecule has 0 unspecified atom stereocenters. The van der Waals surface area contributed by atoms with E-state index in [1.165, 1.54) is 18.5 Å². The van der Waals surface area contributed by atoms with Gasteiger partial charge in [0.2, 0.25) is 0 Å². The van der Waals surface area contributed by atoms with E-state index in [2.05, 4.69) is 20.0 Å². The second-order valence-corrected chi connectivity index (χ2v) is 4.45. The number of imidazole rings is 1. The molecule has 1 aliphatic carbocycles. The first-order valence-corrected chi connectivity index (χ1v) is 6.01. The summed E-state index contributed by atoms with van der Waals surface area (Å²) in [6, 6.07) is 0.744. The van der Waals surface area contributed by atoms with E-state index in [1.54, 1.807) is 0 Å². The van der Waals surface area contributed by atoms with Gasteiger partial charge in [0.05, 0.1) is 38.2 Å². The monoisotopic (exact) mass is 222 g/mol. The Hall–Kier alpha value is -1.07. The van der Waals surface area contributed by atoms with Crippen molar-refractivity contribution in [3.05, 3.63) is 18.2 Å². The lowest BCUT2D eigenvalue weighted by atomic mass is 10.4. The maximum Gasteiger partial charge on any atom is 0.114 e. The third-order valence-corrected chi connectivity index (χ3v) is 3.14. The number of aromatic nitrogens is 2. The van der Waals surface area contributed by atoms with Crippen LogP contribution in [0, 0.1) is 0 Å². The van der Waals surface area contributed by atoms with Crippen molar-refractivity contribution in [3.8, 4) is 0 Å². The van der Waals surface area contributed by atoms with Gasteiger partial charge >= 0.3 is 0 Å². The van der Waals surface area contributed by atoms with Crippen LogP contribution in [0.2, 0.25) is 0 Å². The summed E-state index contributed by atoms with van der Waals surface area (Å²) in [5.41, 5.74) is 1.24. The molecule has 0 spiro atoms. The summed E-state index contributed by atoms with van der Waals surface area (Å²) in [6.45, 7) is 4.45. The van der Waals surface area contributed by atoms with Gasteiger partial charge in [-0.25, -0.2) is 9.66 Å². The average Bonchev–Trinajstić information content (AvgIpc) is 3.05. The van der Waals surface area contributed by atoms with E-state index in [-0.39, 0.29) is 0 Å². The first-order chi connectivity index (χ1) is 7.93. The van der Waals surface area contributed by atoms with Gasteiger partial charge in [-0.3, -0.25) is 0 Å². The molecule has 5 heteroatoms. The summed E-state index contributed by atoms with van der Waals surface area (Å²) in [4.78, 5) is 4.24. The largest absolute Gasteiger partial charge is 0.378 e. The van der Waals surface area contributed by atoms with Crippen LogP contribution in [0.5, 0.6) is 0 Å². The summed E-state index contributed by atoms with van der Waals surface area (Å²) < 4.78 is 7.52. The number of nitrogens with zero attached hydrogens (tertiary/aromatic N) is 3. The molecule has 1 saturated heterocycles. The Morgan fingerprint density at radius 3 is 2.94 bits per heavy atom. The summed E-state index contributed by atoms with van der Waals surface area (Å²) in [7, 11) is 0. The number of nitrogens with one attached hydrogen (secondary N) is 1. The van der Waals surface area contributed by atoms with Crippen LogP contribution in [-0.4, -0.2) is 42.0 Å². The fourth-order valence-electron chi connectivity index (χ4n) is 2.00. The van der Waals surface area contributed by atoms with Crippen LogP contribution >= 0.6 is 0 Å². The Kier molecular flexibility index (Phi) is 2.80. The Morgan fingerprint density at radius 2 is 2.19 bits per heavy atom. The minimum Gasteiger partial charge on any atom is -0.378 e. The second-order valence-electron chi connectivity index (χ2n) is 4.45. The van der Waals surface area contributed by atoms with E-state index in [0.717, 1.165) is 38.9 Å². The third kappa shape index (κ3) is 2.20. The second kappa shape index (κ2) is 4.43. The Balaban J connectivity index is 1.65. The van der Waals surface area contributed by atoms with Crippen LogP contribution in [0.3, 0.4) is 0 Å². The first-order valence-electron chi connectivity index (χ1n) is 6.01. The fraction of sp³-hybridized carbons (Fsp3) is 0.727. The lowest BCUT2D eigenvalue weighted by Crippen LogP contribution is -2.44. The van der Waals surface area contributed by atoms with Crippen LogP contribution in [0.4, 0.5) is 0 Å². The maximum atomic E-state index is 5.35. The predicted octanol–water partition coefficient (Wildman–Crippen LogP) is 0.103. The highest BCUT2D eigenvalue weighted by Crippen LogP contribution is 2.19. The Morgan fingerprint density at radius 1 is 1.38 bits per heavy atom. The highest BCUT2D eigenvalue weighted by atomic mass is 16.5. The van der Waals surface area contributed by atoms with Crippen molar-refractivity contribution in [1.82, 2.24) is 15.0 Å². The molecular formula is C11H18N4O. The molecule has 2 aliphatic rings. The van der Waals surface area contributed by atoms with Gasteiger partial charge in [0.1, 0.15) is 6.33 Å². The van der Waals surface area contributed by atoms with Crippen LogP contribution in [0.25, 0.3) is 0 Å². The predicted molar refractivity (Wildman–Crippen MR) is 60.9 cm³/mol. The zero-order chi connectivity index (χ0) is 10.8. The van der Waals surface area contributed by atoms with Crippen LogP contribution < -0.4 is 10.3 Å². The Labute approximate surface area is 95.4 Å². The van der Waals surface area contributed by atoms with Crippen molar-refractivity contribution in [2.75, 3.05) is 31.3 Å². The third-order valence-electron chi connectivity index (χ3n) is 3.14. The molecule has 1 aromatic heterocycles. The van der Waals surface area contributed by atoms with E-state index in [1.807, 2.05) is 12.5 Å². The molecule has 3 rings (SSSR count). The molecule has 1 aliphatic heterocycles. The number of hydrogen-bond donors (Lipinski definition) is 1. The fourth-order valence-corrected chi connectivity index (χ4v) is 2.00. The number of rotatable bonds is 4. The lowest BCUT2D eigenvalue weighted by Gasteiger charge is -2.30. The molecule has 0 atom stereocenters. The van der Waals surface area contributed by atoms with Crippen molar-refractivity contribution in [2.45, 2.75) is 25.4 Å². The van der Waals surface area contributed by atoms with Crippen molar-refractivity contribution >= 4 is 0 Å². The molecule has 1 aromatic rings. The summed E-state index contributed by atoms with van der Waals surface area (Å²) in [6.07, 6.45) is 6.50. The molecule has 1 N–H and O–H groups in total. The minimum atomic E-state index is 0.744. The molecule has 0 bridgehead atoms. The van der Waals surface area contributed by atoms with Gasteiger partial charge in [0, 0.05) is 12.6 Å². The number of ether oxygens (including phenoxy) is 1. The van der Waals surface area contributed by atoms with E-state index < -0.39 is 0 Å². The van der Waals surface area contributed by atoms with E-state index >= 15 is 0 Å². The van der Waals surface area contributed by atoms with Gasteiger partial charge in [-0.15, -0.1) is 0 Å². The van der Waals surface area contributed by atoms with Crippen LogP contribution in [0.1, 0.15) is 18.5 Å². The number of hydrogen-bond acceptors (Lipinski definition) is 4. The lowest BCUT2D eigenvalue weighted by molar-refractivity contribution is 0.110. The summed E-state index contributed by atoms with van der Waals surface area (Å²) >= 11 is 0. The van der Waals surface area contributed by atoms with E-state index in [4.69, 9.17) is 4.74 Å². The van der Waals surface area contributed by atoms with Crippen molar-refractivity contribution < 1.29 is 4.74 Å². The van der Waals surface area contributed by atoms with Crippen molar-refractivity contribution in [1.29, 1.82) is 0 Å². The molecule has 0 aromatic carbocycles. The quantitative estimate of drug-likeness (QED) is 0.785. The molecule has 88 valence electrons. The van der Waals surface area contributed by atoms with E-state index in [0.29, 0.717) is 0 Å². The zero-order valence-corrected chi connectivity index (χ0v) is 9.43. The molecular weight excluding hydrogens is 204 g/mol. The SMILES string of the molecule is c1ncn(N2CCOCC2)c1CNC1CC1. The van der Waals surface area contributed by atoms with Gasteiger partial charge in [-0.05, 0) is 12.8 Å². The molecule has 2 heterocycles. The average molecular weight is 222 g/mol. The van der Waals surface area contributed by atoms with Gasteiger partial charge in [-0.1, -0.05) is 0 Å². The van der Waals surface area contributed by atoms with Crippen LogP contribution in [0.15, 0.2) is 12.5 Å². The standard InChI is InChI=1S/C11H18N4O/c1-2-10(1)13-8-11-7-12-9-15(11)14-3-5-16-6-4-14/h7,9-10,13H,1-6,8H2. The summed E-state index contributed by atoms with van der Waals surface area (Å²) in [5, 5.41) is 5.81. The Bertz CT molecular complexity index is 342. The maximum absolute atomic E-state index is 5.35. The molecule has 16 heavy (non-hydrogen) atoms. The zero-order valence-electron chi connectivity index (χ0n) is 9.43. The molecule has 5 nitrogen and oxygen atoms in total. The molecule has 0 radical (unpaired) electrons. The first kappa shape index (κ1) is 10.1. The topological polar surface area (TPSA) is 42.3 Å². The summed E-state index contributed by atoms with van der Waals surface area (Å²) in [5.74, 6) is 0. The molecule has 1 saturated carbocycles. The van der Waals surface area contributed by atoms with Gasteiger partial charge in [0.25, 0.3) is 0 Å². The number of morpholine rings is 1. The van der Waals surface area contributed by atoms with Gasteiger partial charge in [0.15, 0.2) is 0 Å². The van der Waals surface area contributed by atoms with E-state index in [9.17, 15) is 0 Å². The van der Waals surface area contributed by atoms with Crippen molar-refractivity contribution in [3.63, 3.8) is 0 Å². The smallest absolute Gasteiger partial charge is 0.114 e. The molecule has 2 fully saturated rings. The normalized spacial score (nSPS) is 21.4. The highest BCUT2D eigenvalue weighted by Gasteiger charge is 2.21. The van der Waals surface area contributed by atoms with Crippen molar-refractivity contribution in [2.24, 2.45) is 0 Å². The molecule has 0 amide bonds.